The number of hydrogen-bond acceptors (Lipinski definition) is 5. The van der Waals surface area contributed by atoms with Gasteiger partial charge in [0, 0.05) is 11.1 Å². The zero-order valence-corrected chi connectivity index (χ0v) is 11.1. The summed E-state index contributed by atoms with van der Waals surface area (Å²) >= 11 is 1.48. The Hall–Kier alpha value is -1.88. The molecule has 18 heavy (non-hydrogen) atoms. The summed E-state index contributed by atoms with van der Waals surface area (Å²) in [5.41, 5.74) is 2.90. The molecule has 0 atom stereocenters. The first-order valence-corrected chi connectivity index (χ1v) is 6.41. The molecule has 0 aliphatic heterocycles. The molecule has 0 aliphatic carbocycles. The van der Waals surface area contributed by atoms with Crippen molar-refractivity contribution in [2.75, 3.05) is 12.4 Å². The molecule has 2 aromatic rings. The summed E-state index contributed by atoms with van der Waals surface area (Å²) < 4.78 is 4.61. The van der Waals surface area contributed by atoms with Crippen LogP contribution >= 0.6 is 11.3 Å². The van der Waals surface area contributed by atoms with E-state index in [1.807, 2.05) is 36.6 Å². The van der Waals surface area contributed by atoms with E-state index >= 15 is 0 Å². The zero-order chi connectivity index (χ0) is 13.0. The molecular weight excluding hydrogens is 248 g/mol. The highest BCUT2D eigenvalue weighted by atomic mass is 32.1. The van der Waals surface area contributed by atoms with Crippen LogP contribution in [0.2, 0.25) is 0 Å². The van der Waals surface area contributed by atoms with E-state index in [-0.39, 0.29) is 12.4 Å². The highest BCUT2D eigenvalue weighted by Gasteiger charge is 2.08. The maximum absolute atomic E-state index is 11.1. The number of ether oxygens (including phenoxy) is 1. The number of para-hydroxylation sites is 1. The first-order valence-electron chi connectivity index (χ1n) is 5.53. The Morgan fingerprint density at radius 1 is 1.44 bits per heavy atom. The van der Waals surface area contributed by atoms with Crippen molar-refractivity contribution >= 4 is 28.1 Å². The minimum Gasteiger partial charge on any atom is -0.469 e. The number of esters is 1. The number of nitrogens with one attached hydrogen (secondary N) is 1. The van der Waals surface area contributed by atoms with Crippen LogP contribution in [0.3, 0.4) is 0 Å². The third-order valence-electron chi connectivity index (χ3n) is 2.49. The van der Waals surface area contributed by atoms with Crippen molar-refractivity contribution in [3.05, 3.63) is 40.9 Å². The van der Waals surface area contributed by atoms with Crippen molar-refractivity contribution in [2.24, 2.45) is 0 Å². The van der Waals surface area contributed by atoms with Crippen molar-refractivity contribution in [3.8, 4) is 0 Å². The van der Waals surface area contributed by atoms with Crippen LogP contribution in [0.1, 0.15) is 11.3 Å². The quantitative estimate of drug-likeness (QED) is 0.861. The van der Waals surface area contributed by atoms with Gasteiger partial charge in [-0.1, -0.05) is 18.2 Å². The van der Waals surface area contributed by atoms with Gasteiger partial charge in [-0.2, -0.15) is 0 Å². The van der Waals surface area contributed by atoms with E-state index in [1.165, 1.54) is 18.4 Å². The van der Waals surface area contributed by atoms with E-state index in [0.717, 1.165) is 22.1 Å². The van der Waals surface area contributed by atoms with E-state index in [4.69, 9.17) is 0 Å². The largest absolute Gasteiger partial charge is 0.469 e. The van der Waals surface area contributed by atoms with Gasteiger partial charge >= 0.3 is 5.97 Å². The van der Waals surface area contributed by atoms with Crippen LogP contribution in [-0.2, 0) is 16.0 Å². The van der Waals surface area contributed by atoms with Gasteiger partial charge in [0.25, 0.3) is 0 Å². The second kappa shape index (κ2) is 5.64. The Kier molecular flexibility index (Phi) is 3.94. The Balaban J connectivity index is 2.07. The number of anilines is 2. The Morgan fingerprint density at radius 2 is 2.22 bits per heavy atom. The molecule has 1 heterocycles. The fourth-order valence-electron chi connectivity index (χ4n) is 1.49. The molecule has 4 nitrogen and oxygen atoms in total. The van der Waals surface area contributed by atoms with Gasteiger partial charge in [0.1, 0.15) is 0 Å². The average Bonchev–Trinajstić information content (AvgIpc) is 2.79. The number of hydrogen-bond donors (Lipinski definition) is 1. The molecule has 0 amide bonds. The number of rotatable bonds is 4. The summed E-state index contributed by atoms with van der Waals surface area (Å²) in [5, 5.41) is 5.88. The number of aromatic nitrogens is 1. The van der Waals surface area contributed by atoms with Crippen LogP contribution in [0.25, 0.3) is 0 Å². The van der Waals surface area contributed by atoms with Crippen LogP contribution in [0, 0.1) is 6.92 Å². The van der Waals surface area contributed by atoms with Gasteiger partial charge < -0.3 is 10.1 Å². The van der Waals surface area contributed by atoms with Crippen LogP contribution in [0.5, 0.6) is 0 Å². The summed E-state index contributed by atoms with van der Waals surface area (Å²) in [6, 6.07) is 7.99. The number of methoxy groups -OCH3 is 1. The Bertz CT molecular complexity index is 551. The molecule has 0 saturated heterocycles. The molecule has 0 unspecified atom stereocenters. The van der Waals surface area contributed by atoms with Crippen LogP contribution in [0.4, 0.5) is 10.8 Å². The predicted molar refractivity (Wildman–Crippen MR) is 72.3 cm³/mol. The number of carbonyl (C=O) groups excluding carboxylic acids is 1. The third kappa shape index (κ3) is 3.07. The number of benzene rings is 1. The van der Waals surface area contributed by atoms with Gasteiger partial charge in [-0.05, 0) is 18.6 Å². The van der Waals surface area contributed by atoms with Gasteiger partial charge in [0.2, 0.25) is 0 Å². The molecule has 94 valence electrons. The summed E-state index contributed by atoms with van der Waals surface area (Å²) in [6.45, 7) is 2.03. The standard InChI is InChI=1S/C13H14N2O2S/c1-9-5-3-4-6-11(9)15-13-14-10(8-18-13)7-12(16)17-2/h3-6,8H,7H2,1-2H3,(H,14,15). The van der Waals surface area contributed by atoms with E-state index < -0.39 is 0 Å². The second-order valence-corrected chi connectivity index (χ2v) is 4.69. The number of aryl methyl sites for hydroxylation is 1. The van der Waals surface area contributed by atoms with Gasteiger partial charge in [0.15, 0.2) is 5.13 Å². The molecule has 1 aromatic heterocycles. The minimum atomic E-state index is -0.275. The average molecular weight is 262 g/mol. The number of thiazole rings is 1. The smallest absolute Gasteiger partial charge is 0.311 e. The second-order valence-electron chi connectivity index (χ2n) is 3.84. The van der Waals surface area contributed by atoms with Crippen molar-refractivity contribution in [2.45, 2.75) is 13.3 Å². The van der Waals surface area contributed by atoms with Crippen molar-refractivity contribution < 1.29 is 9.53 Å². The lowest BCUT2D eigenvalue weighted by molar-refractivity contribution is -0.139. The molecule has 0 saturated carbocycles. The fraction of sp³-hybridized carbons (Fsp3) is 0.231. The zero-order valence-electron chi connectivity index (χ0n) is 10.3. The molecule has 0 aliphatic rings. The molecule has 0 spiro atoms. The van der Waals surface area contributed by atoms with Crippen LogP contribution in [0.15, 0.2) is 29.6 Å². The Labute approximate surface area is 110 Å². The fourth-order valence-corrected chi connectivity index (χ4v) is 2.22. The lowest BCUT2D eigenvalue weighted by Crippen LogP contribution is -2.04. The predicted octanol–water partition coefficient (Wildman–Crippen LogP) is 2.91. The summed E-state index contributed by atoms with van der Waals surface area (Å²) in [4.78, 5) is 15.5. The molecule has 0 bridgehead atoms. The molecule has 1 N–H and O–H groups in total. The van der Waals surface area contributed by atoms with E-state index in [2.05, 4.69) is 15.0 Å². The highest BCUT2D eigenvalue weighted by molar-refractivity contribution is 7.13. The highest BCUT2D eigenvalue weighted by Crippen LogP contribution is 2.23. The normalized spacial score (nSPS) is 10.1. The molecule has 0 fully saturated rings. The summed E-state index contributed by atoms with van der Waals surface area (Å²) in [7, 11) is 1.38. The van der Waals surface area contributed by atoms with Gasteiger partial charge in [0.05, 0.1) is 19.2 Å². The van der Waals surface area contributed by atoms with Crippen LogP contribution in [-0.4, -0.2) is 18.1 Å². The molecule has 5 heteroatoms. The van der Waals surface area contributed by atoms with Crippen molar-refractivity contribution in [1.82, 2.24) is 4.98 Å². The van der Waals surface area contributed by atoms with Gasteiger partial charge in [-0.3, -0.25) is 4.79 Å². The monoisotopic (exact) mass is 262 g/mol. The Morgan fingerprint density at radius 3 is 2.94 bits per heavy atom. The molecule has 1 aromatic carbocycles. The molecular formula is C13H14N2O2S. The molecule has 2 rings (SSSR count). The SMILES string of the molecule is COC(=O)Cc1csc(Nc2ccccc2C)n1. The third-order valence-corrected chi connectivity index (χ3v) is 3.30. The lowest BCUT2D eigenvalue weighted by atomic mass is 10.2. The first-order chi connectivity index (χ1) is 8.69. The maximum Gasteiger partial charge on any atom is 0.311 e. The maximum atomic E-state index is 11.1. The summed E-state index contributed by atoms with van der Waals surface area (Å²) in [5.74, 6) is -0.275. The number of carbonyl (C=O) groups is 1. The lowest BCUT2D eigenvalue weighted by Gasteiger charge is -2.05. The van der Waals surface area contributed by atoms with Crippen LogP contribution < -0.4 is 5.32 Å². The first kappa shape index (κ1) is 12.6. The minimum absolute atomic E-state index is 0.211. The number of nitrogens with zero attached hydrogens (tertiary/aromatic N) is 1. The van der Waals surface area contributed by atoms with Crippen molar-refractivity contribution in [1.29, 1.82) is 0 Å². The topological polar surface area (TPSA) is 51.2 Å². The summed E-state index contributed by atoms with van der Waals surface area (Å²) in [6.07, 6.45) is 0.211. The van der Waals surface area contributed by atoms with Gasteiger partial charge in [-0.25, -0.2) is 4.98 Å². The molecule has 0 radical (unpaired) electrons. The van der Waals surface area contributed by atoms with E-state index in [9.17, 15) is 4.79 Å². The van der Waals surface area contributed by atoms with Crippen molar-refractivity contribution in [3.63, 3.8) is 0 Å². The van der Waals surface area contributed by atoms with E-state index in [1.54, 1.807) is 0 Å². The van der Waals surface area contributed by atoms with Gasteiger partial charge in [-0.15, -0.1) is 11.3 Å². The van der Waals surface area contributed by atoms with E-state index in [0.29, 0.717) is 0 Å².